The Kier molecular flexibility index (Phi) is 7.36. The first-order valence-corrected chi connectivity index (χ1v) is 11.9. The first-order chi connectivity index (χ1) is 17.9. The van der Waals surface area contributed by atoms with Gasteiger partial charge in [-0.3, -0.25) is 14.5 Å². The number of benzene rings is 2. The number of carbonyl (C=O) groups excluding carboxylic acids is 2. The molecule has 2 amide bonds. The highest BCUT2D eigenvalue weighted by atomic mass is 19.3. The molecule has 1 aliphatic rings. The lowest BCUT2D eigenvalue weighted by molar-refractivity contribution is -0.0257. The van der Waals surface area contributed by atoms with Crippen molar-refractivity contribution in [2.45, 2.75) is 38.4 Å². The van der Waals surface area contributed by atoms with Crippen molar-refractivity contribution in [3.63, 3.8) is 0 Å². The molecule has 5 N–H and O–H groups in total. The molecule has 0 saturated carbocycles. The maximum Gasteiger partial charge on any atom is 0.283 e. The third-order valence-corrected chi connectivity index (χ3v) is 6.61. The van der Waals surface area contributed by atoms with E-state index in [4.69, 9.17) is 16.2 Å². The molecule has 38 heavy (non-hydrogen) atoms. The van der Waals surface area contributed by atoms with Gasteiger partial charge in [-0.15, -0.1) is 0 Å². The van der Waals surface area contributed by atoms with Crippen molar-refractivity contribution in [2.75, 3.05) is 25.9 Å². The van der Waals surface area contributed by atoms with Crippen LogP contribution < -0.4 is 21.5 Å². The first-order valence-electron chi connectivity index (χ1n) is 11.9. The van der Waals surface area contributed by atoms with Crippen molar-refractivity contribution >= 4 is 17.6 Å². The van der Waals surface area contributed by atoms with Gasteiger partial charge in [0.25, 0.3) is 17.7 Å². The maximum absolute atomic E-state index is 14.9. The van der Waals surface area contributed by atoms with E-state index in [1.165, 1.54) is 19.2 Å². The second-order valence-corrected chi connectivity index (χ2v) is 9.44. The molecule has 0 bridgehead atoms. The second-order valence-electron chi connectivity index (χ2n) is 9.44. The van der Waals surface area contributed by atoms with E-state index in [0.717, 1.165) is 10.7 Å². The lowest BCUT2D eigenvalue weighted by Gasteiger charge is -2.19. The number of nitrogens with one attached hydrogen (secondary N) is 1. The fraction of sp³-hybridized carbons (Fsp3) is 0.346. The molecule has 1 saturated heterocycles. The molecule has 1 atom stereocenters. The van der Waals surface area contributed by atoms with Crippen LogP contribution >= 0.6 is 0 Å². The van der Waals surface area contributed by atoms with Gasteiger partial charge in [0.05, 0.1) is 19.2 Å². The largest absolute Gasteiger partial charge is 0.496 e. The number of rotatable bonds is 8. The number of primary amides is 1. The van der Waals surface area contributed by atoms with Gasteiger partial charge in [-0.2, -0.15) is 5.10 Å². The third-order valence-electron chi connectivity index (χ3n) is 6.61. The molecule has 12 heteroatoms. The Hall–Kier alpha value is -4.06. The van der Waals surface area contributed by atoms with Gasteiger partial charge in [-0.25, -0.2) is 17.9 Å². The Balaban J connectivity index is 1.57. The smallest absolute Gasteiger partial charge is 0.283 e. The predicted molar refractivity (Wildman–Crippen MR) is 135 cm³/mol. The van der Waals surface area contributed by atoms with E-state index in [9.17, 15) is 22.8 Å². The number of carbonyl (C=O) groups is 2. The van der Waals surface area contributed by atoms with Crippen molar-refractivity contribution in [1.29, 1.82) is 0 Å². The maximum atomic E-state index is 14.9. The number of alkyl halides is 2. The number of nitrogens with zero attached hydrogens (tertiary/aromatic N) is 3. The van der Waals surface area contributed by atoms with Gasteiger partial charge in [0, 0.05) is 24.7 Å². The number of amides is 2. The Bertz CT molecular complexity index is 1360. The van der Waals surface area contributed by atoms with E-state index < -0.39 is 36.1 Å². The Morgan fingerprint density at radius 3 is 2.47 bits per heavy atom. The quantitative estimate of drug-likeness (QED) is 0.410. The molecule has 0 unspecified atom stereocenters. The average Bonchev–Trinajstić information content (AvgIpc) is 3.38. The number of ether oxygens (including phenoxy) is 1. The van der Waals surface area contributed by atoms with Crippen molar-refractivity contribution < 1.29 is 27.5 Å². The molecule has 202 valence electrons. The second kappa shape index (κ2) is 10.4. The van der Waals surface area contributed by atoms with E-state index in [0.29, 0.717) is 11.1 Å². The van der Waals surface area contributed by atoms with Crippen LogP contribution in [0.5, 0.6) is 5.75 Å². The van der Waals surface area contributed by atoms with Gasteiger partial charge in [0.1, 0.15) is 34.7 Å². The summed E-state index contributed by atoms with van der Waals surface area (Å²) in [5, 5.41) is 7.00. The number of nitrogens with two attached hydrogens (primary N) is 2. The fourth-order valence-corrected chi connectivity index (χ4v) is 4.49. The van der Waals surface area contributed by atoms with Crippen molar-refractivity contribution in [2.24, 2.45) is 5.73 Å². The molecule has 1 aromatic heterocycles. The molecule has 2 aromatic carbocycles. The minimum absolute atomic E-state index is 0.0168. The normalized spacial score (nSPS) is 17.1. The number of methoxy groups -OCH3 is 1. The SMILES string of the molecule is COc1ccc(F)cc1C(=O)NCc1ccc(-c2nn([C@H]3CN(C(C)C)CC3(F)F)c(N)c2C(N)=O)cc1. The molecule has 4 rings (SSSR count). The molecule has 2 heterocycles. The standard InChI is InChI=1S/C26H29F3N6O3/c1-14(2)34-12-20(26(28,29)13-34)35-23(30)21(24(31)36)22(33-35)16-6-4-15(5-7-16)11-32-25(37)18-10-17(27)8-9-19(18)38-3/h4-10,14,20H,11-13,30H2,1-3H3,(H2,31,36)(H,32,37)/t20-/m0/s1. The van der Waals surface area contributed by atoms with E-state index >= 15 is 0 Å². The minimum Gasteiger partial charge on any atom is -0.496 e. The zero-order chi connectivity index (χ0) is 27.8. The monoisotopic (exact) mass is 530 g/mol. The van der Waals surface area contributed by atoms with Crippen LogP contribution in [0.4, 0.5) is 19.0 Å². The Morgan fingerprint density at radius 2 is 1.89 bits per heavy atom. The number of likely N-dealkylation sites (tertiary alicyclic amines) is 1. The molecular formula is C26H29F3N6O3. The first kappa shape index (κ1) is 27.0. The van der Waals surface area contributed by atoms with E-state index in [1.54, 1.807) is 29.2 Å². The summed E-state index contributed by atoms with van der Waals surface area (Å²) in [5.74, 6) is -5.08. The third kappa shape index (κ3) is 5.17. The summed E-state index contributed by atoms with van der Waals surface area (Å²) in [6, 6.07) is 8.76. The van der Waals surface area contributed by atoms with E-state index in [2.05, 4.69) is 10.4 Å². The predicted octanol–water partition coefficient (Wildman–Crippen LogP) is 3.21. The highest BCUT2D eigenvalue weighted by Gasteiger charge is 2.51. The van der Waals surface area contributed by atoms with Crippen LogP contribution in [0.25, 0.3) is 11.3 Å². The van der Waals surface area contributed by atoms with Gasteiger partial charge in [0.15, 0.2) is 0 Å². The van der Waals surface area contributed by atoms with Crippen LogP contribution in [-0.2, 0) is 6.54 Å². The summed E-state index contributed by atoms with van der Waals surface area (Å²) in [7, 11) is 1.38. The van der Waals surface area contributed by atoms with E-state index in [-0.39, 0.29) is 47.5 Å². The van der Waals surface area contributed by atoms with Gasteiger partial charge in [0.2, 0.25) is 0 Å². The summed E-state index contributed by atoms with van der Waals surface area (Å²) in [5.41, 5.74) is 12.8. The van der Waals surface area contributed by atoms with Gasteiger partial charge in [-0.1, -0.05) is 24.3 Å². The van der Waals surface area contributed by atoms with Crippen molar-refractivity contribution in [3.8, 4) is 17.0 Å². The highest BCUT2D eigenvalue weighted by Crippen LogP contribution is 2.40. The summed E-state index contributed by atoms with van der Waals surface area (Å²) in [6.07, 6.45) is 0. The molecule has 0 radical (unpaired) electrons. The van der Waals surface area contributed by atoms with Gasteiger partial charge in [-0.05, 0) is 37.6 Å². The average molecular weight is 531 g/mol. The molecular weight excluding hydrogens is 501 g/mol. The number of anilines is 1. The lowest BCUT2D eigenvalue weighted by Crippen LogP contribution is -2.32. The lowest BCUT2D eigenvalue weighted by atomic mass is 10.0. The van der Waals surface area contributed by atoms with Crippen LogP contribution in [0.1, 0.15) is 46.2 Å². The van der Waals surface area contributed by atoms with Gasteiger partial charge >= 0.3 is 0 Å². The molecule has 0 spiro atoms. The van der Waals surface area contributed by atoms with Crippen molar-refractivity contribution in [3.05, 3.63) is 65.0 Å². The molecule has 1 fully saturated rings. The van der Waals surface area contributed by atoms with Crippen LogP contribution in [0, 0.1) is 5.82 Å². The van der Waals surface area contributed by atoms with Gasteiger partial charge < -0.3 is 21.5 Å². The number of hydrogen-bond donors (Lipinski definition) is 3. The number of aromatic nitrogens is 2. The van der Waals surface area contributed by atoms with Crippen LogP contribution in [0.2, 0.25) is 0 Å². The fourth-order valence-electron chi connectivity index (χ4n) is 4.49. The number of nitrogen functional groups attached to an aromatic ring is 1. The molecule has 3 aromatic rings. The number of halogens is 3. The zero-order valence-electron chi connectivity index (χ0n) is 21.2. The molecule has 1 aliphatic heterocycles. The summed E-state index contributed by atoms with van der Waals surface area (Å²) in [4.78, 5) is 26.4. The van der Waals surface area contributed by atoms with Crippen LogP contribution in [0.15, 0.2) is 42.5 Å². The van der Waals surface area contributed by atoms with Crippen LogP contribution in [-0.4, -0.2) is 58.7 Å². The summed E-state index contributed by atoms with van der Waals surface area (Å²) in [6.45, 7) is 3.33. The number of hydrogen-bond acceptors (Lipinski definition) is 6. The summed E-state index contributed by atoms with van der Waals surface area (Å²) < 4.78 is 49.5. The zero-order valence-corrected chi connectivity index (χ0v) is 21.2. The Labute approximate surface area is 217 Å². The molecule has 9 nitrogen and oxygen atoms in total. The Morgan fingerprint density at radius 1 is 1.21 bits per heavy atom. The topological polar surface area (TPSA) is 128 Å². The molecule has 0 aliphatic carbocycles. The highest BCUT2D eigenvalue weighted by molar-refractivity contribution is 6.03. The minimum atomic E-state index is -3.11. The van der Waals surface area contributed by atoms with Crippen molar-refractivity contribution in [1.82, 2.24) is 20.0 Å². The van der Waals surface area contributed by atoms with E-state index in [1.807, 2.05) is 13.8 Å². The summed E-state index contributed by atoms with van der Waals surface area (Å²) >= 11 is 0. The van der Waals surface area contributed by atoms with Crippen LogP contribution in [0.3, 0.4) is 0 Å².